The Balaban J connectivity index is 1.44. The minimum Gasteiger partial charge on any atom is -0.494 e. The molecule has 0 atom stereocenters. The van der Waals surface area contributed by atoms with E-state index in [9.17, 15) is 13.2 Å². The first-order valence-corrected chi connectivity index (χ1v) is 11.6. The van der Waals surface area contributed by atoms with Gasteiger partial charge in [-0.1, -0.05) is 30.3 Å². The number of piperazine rings is 1. The van der Waals surface area contributed by atoms with E-state index >= 15 is 0 Å². The van der Waals surface area contributed by atoms with Gasteiger partial charge in [-0.25, -0.2) is 8.42 Å². The first-order chi connectivity index (χ1) is 15.0. The minimum absolute atomic E-state index is 0.216. The fraction of sp³-hybridized carbons (Fsp3) is 0.261. The summed E-state index contributed by atoms with van der Waals surface area (Å²) in [5.74, 6) is 0.667. The van der Waals surface area contributed by atoms with E-state index in [2.05, 4.69) is 0 Å². The van der Waals surface area contributed by atoms with Gasteiger partial charge in [0.2, 0.25) is 10.0 Å². The Morgan fingerprint density at radius 2 is 1.65 bits per heavy atom. The SMILES string of the molecule is CCOc1ccc(S(=O)(=O)N2CCN(C(=O)c3occc3-c3ccccc3)CC2)cc1. The van der Waals surface area contributed by atoms with E-state index in [1.54, 1.807) is 35.2 Å². The summed E-state index contributed by atoms with van der Waals surface area (Å²) >= 11 is 0. The van der Waals surface area contributed by atoms with Gasteiger partial charge in [0.25, 0.3) is 5.91 Å². The second-order valence-electron chi connectivity index (χ2n) is 7.13. The quantitative estimate of drug-likeness (QED) is 0.586. The van der Waals surface area contributed by atoms with Crippen LogP contribution < -0.4 is 4.74 Å². The van der Waals surface area contributed by atoms with Crippen LogP contribution in [0.3, 0.4) is 0 Å². The molecule has 31 heavy (non-hydrogen) atoms. The summed E-state index contributed by atoms with van der Waals surface area (Å²) in [6.07, 6.45) is 1.50. The predicted octanol–water partition coefficient (Wildman–Crippen LogP) is 3.49. The van der Waals surface area contributed by atoms with Crippen LogP contribution in [0.2, 0.25) is 0 Å². The van der Waals surface area contributed by atoms with E-state index in [0.29, 0.717) is 25.4 Å². The van der Waals surface area contributed by atoms with Gasteiger partial charge in [-0.05, 0) is 42.8 Å². The molecule has 0 N–H and O–H groups in total. The van der Waals surface area contributed by atoms with E-state index in [0.717, 1.165) is 11.1 Å². The van der Waals surface area contributed by atoms with E-state index in [-0.39, 0.29) is 29.7 Å². The molecule has 1 fully saturated rings. The molecule has 0 spiro atoms. The third-order valence-electron chi connectivity index (χ3n) is 5.24. The lowest BCUT2D eigenvalue weighted by Crippen LogP contribution is -2.50. The van der Waals surface area contributed by atoms with Crippen LogP contribution in [0.15, 0.2) is 76.2 Å². The Morgan fingerprint density at radius 1 is 0.968 bits per heavy atom. The van der Waals surface area contributed by atoms with Crippen LogP contribution in [0.4, 0.5) is 0 Å². The van der Waals surface area contributed by atoms with Crippen molar-refractivity contribution in [2.24, 2.45) is 0 Å². The summed E-state index contributed by atoms with van der Waals surface area (Å²) in [6.45, 7) is 3.43. The Labute approximate surface area is 181 Å². The summed E-state index contributed by atoms with van der Waals surface area (Å²) in [6, 6.07) is 17.7. The van der Waals surface area contributed by atoms with Gasteiger partial charge in [0, 0.05) is 31.7 Å². The van der Waals surface area contributed by atoms with Gasteiger partial charge in [-0.3, -0.25) is 4.79 Å². The zero-order valence-corrected chi connectivity index (χ0v) is 18.0. The number of hydrogen-bond acceptors (Lipinski definition) is 5. The molecule has 0 aliphatic carbocycles. The molecule has 0 radical (unpaired) electrons. The van der Waals surface area contributed by atoms with Gasteiger partial charge < -0.3 is 14.1 Å². The number of rotatable bonds is 6. The van der Waals surface area contributed by atoms with Crippen LogP contribution in [0, 0.1) is 0 Å². The fourth-order valence-corrected chi connectivity index (χ4v) is 5.04. The molecule has 1 aromatic heterocycles. The highest BCUT2D eigenvalue weighted by Crippen LogP contribution is 2.27. The number of nitrogens with zero attached hydrogens (tertiary/aromatic N) is 2. The zero-order valence-electron chi connectivity index (χ0n) is 17.2. The maximum Gasteiger partial charge on any atom is 0.290 e. The Bertz CT molecular complexity index is 1130. The second-order valence-corrected chi connectivity index (χ2v) is 9.07. The molecule has 0 saturated carbocycles. The van der Waals surface area contributed by atoms with Crippen molar-refractivity contribution in [3.05, 3.63) is 72.7 Å². The van der Waals surface area contributed by atoms with E-state index in [4.69, 9.17) is 9.15 Å². The van der Waals surface area contributed by atoms with E-state index in [1.165, 1.54) is 10.6 Å². The normalized spacial score (nSPS) is 15.1. The van der Waals surface area contributed by atoms with Gasteiger partial charge in [-0.2, -0.15) is 4.31 Å². The topological polar surface area (TPSA) is 80.1 Å². The van der Waals surface area contributed by atoms with Crippen molar-refractivity contribution in [1.82, 2.24) is 9.21 Å². The molecule has 1 saturated heterocycles. The van der Waals surface area contributed by atoms with Gasteiger partial charge in [0.15, 0.2) is 5.76 Å². The number of amides is 1. The van der Waals surface area contributed by atoms with Gasteiger partial charge in [-0.15, -0.1) is 0 Å². The standard InChI is InChI=1S/C23H24N2O5S/c1-2-29-19-8-10-20(11-9-19)31(27,28)25-15-13-24(14-16-25)23(26)22-21(12-17-30-22)18-6-4-3-5-7-18/h3-12,17H,2,13-16H2,1H3. The lowest BCUT2D eigenvalue weighted by Gasteiger charge is -2.33. The summed E-state index contributed by atoms with van der Waals surface area (Å²) in [7, 11) is -3.63. The number of ether oxygens (including phenoxy) is 1. The predicted molar refractivity (Wildman–Crippen MR) is 116 cm³/mol. The molecule has 2 aromatic carbocycles. The number of sulfonamides is 1. The Kier molecular flexibility index (Phi) is 6.11. The Morgan fingerprint density at radius 3 is 2.29 bits per heavy atom. The van der Waals surface area contributed by atoms with E-state index < -0.39 is 10.0 Å². The molecular formula is C23H24N2O5S. The molecule has 1 aliphatic heterocycles. The van der Waals surface area contributed by atoms with Crippen LogP contribution in [0.5, 0.6) is 5.75 Å². The average molecular weight is 441 g/mol. The molecular weight excluding hydrogens is 416 g/mol. The highest BCUT2D eigenvalue weighted by atomic mass is 32.2. The van der Waals surface area contributed by atoms with Crippen molar-refractivity contribution < 1.29 is 22.4 Å². The molecule has 4 rings (SSSR count). The summed E-state index contributed by atoms with van der Waals surface area (Å²) in [5.41, 5.74) is 1.63. The lowest BCUT2D eigenvalue weighted by molar-refractivity contribution is 0.0667. The molecule has 7 nitrogen and oxygen atoms in total. The first-order valence-electron chi connectivity index (χ1n) is 10.2. The lowest BCUT2D eigenvalue weighted by atomic mass is 10.1. The molecule has 1 aliphatic rings. The van der Waals surface area contributed by atoms with Crippen LogP contribution in [0.25, 0.3) is 11.1 Å². The van der Waals surface area contributed by atoms with Crippen molar-refractivity contribution in [2.45, 2.75) is 11.8 Å². The smallest absolute Gasteiger partial charge is 0.290 e. The van der Waals surface area contributed by atoms with E-state index in [1.807, 2.05) is 37.3 Å². The first kappa shape index (κ1) is 21.1. The maximum absolute atomic E-state index is 13.0. The number of carbonyl (C=O) groups excluding carboxylic acids is 1. The van der Waals surface area contributed by atoms with Crippen molar-refractivity contribution in [3.63, 3.8) is 0 Å². The van der Waals surface area contributed by atoms with Crippen LogP contribution in [-0.2, 0) is 10.0 Å². The fourth-order valence-electron chi connectivity index (χ4n) is 3.62. The molecule has 1 amide bonds. The van der Waals surface area contributed by atoms with Crippen molar-refractivity contribution in [1.29, 1.82) is 0 Å². The summed E-state index contributed by atoms with van der Waals surface area (Å²) < 4.78 is 38.2. The largest absolute Gasteiger partial charge is 0.494 e. The third kappa shape index (κ3) is 4.35. The number of benzene rings is 2. The third-order valence-corrected chi connectivity index (χ3v) is 7.16. The molecule has 2 heterocycles. The van der Waals surface area contributed by atoms with Crippen molar-refractivity contribution in [3.8, 4) is 16.9 Å². The molecule has 8 heteroatoms. The van der Waals surface area contributed by atoms with Crippen LogP contribution >= 0.6 is 0 Å². The summed E-state index contributed by atoms with van der Waals surface area (Å²) in [4.78, 5) is 14.9. The number of carbonyl (C=O) groups is 1. The Hall–Kier alpha value is -3.10. The van der Waals surface area contributed by atoms with Crippen molar-refractivity contribution in [2.75, 3.05) is 32.8 Å². The van der Waals surface area contributed by atoms with Gasteiger partial charge in [0.05, 0.1) is 17.8 Å². The number of furan rings is 1. The number of hydrogen-bond donors (Lipinski definition) is 0. The monoisotopic (exact) mass is 440 g/mol. The highest BCUT2D eigenvalue weighted by Gasteiger charge is 2.32. The average Bonchev–Trinajstić information content (AvgIpc) is 3.30. The van der Waals surface area contributed by atoms with Crippen molar-refractivity contribution >= 4 is 15.9 Å². The maximum atomic E-state index is 13.0. The molecule has 162 valence electrons. The second kappa shape index (κ2) is 8.95. The van der Waals surface area contributed by atoms with Gasteiger partial charge in [0.1, 0.15) is 5.75 Å². The zero-order chi connectivity index (χ0) is 21.8. The van der Waals surface area contributed by atoms with Gasteiger partial charge >= 0.3 is 0 Å². The molecule has 0 bridgehead atoms. The molecule has 0 unspecified atom stereocenters. The molecule has 3 aromatic rings. The van der Waals surface area contributed by atoms with Crippen LogP contribution in [-0.4, -0.2) is 56.3 Å². The summed E-state index contributed by atoms with van der Waals surface area (Å²) in [5, 5.41) is 0. The van der Waals surface area contributed by atoms with Crippen LogP contribution in [0.1, 0.15) is 17.5 Å². The highest BCUT2D eigenvalue weighted by molar-refractivity contribution is 7.89. The minimum atomic E-state index is -3.63.